The van der Waals surface area contributed by atoms with Crippen LogP contribution in [0.5, 0.6) is 0 Å². The number of carbonyl (C=O) groups excluding carboxylic acids is 2. The molecule has 3 heterocycles. The van der Waals surface area contributed by atoms with Gasteiger partial charge in [-0.3, -0.25) is 9.78 Å². The molecule has 45 heavy (non-hydrogen) atoms. The van der Waals surface area contributed by atoms with Crippen molar-refractivity contribution >= 4 is 23.7 Å². The highest BCUT2D eigenvalue weighted by atomic mass is 19.4. The number of rotatable bonds is 8. The van der Waals surface area contributed by atoms with Crippen LogP contribution in [0.4, 0.5) is 29.6 Å². The minimum Gasteiger partial charge on any atom is -0.469 e. The third-order valence-corrected chi connectivity index (χ3v) is 8.39. The lowest BCUT2D eigenvalue weighted by atomic mass is 9.80. The van der Waals surface area contributed by atoms with Crippen molar-refractivity contribution in [1.29, 1.82) is 0 Å². The molecule has 0 bridgehead atoms. The SMILES string of the molecule is COC(=O)C1(C(Cc2ccccc2)c2nc(Nc3ccc(C4CCN(C(=O)OC(C)(C)C)CC4)nc3)ncc2C(F)(F)F)CC1. The summed E-state index contributed by atoms with van der Waals surface area (Å²) in [5, 5.41) is 2.99. The molecule has 3 aromatic rings. The molecular formula is C33H38F3N5O4. The molecule has 0 radical (unpaired) electrons. The van der Waals surface area contributed by atoms with E-state index in [9.17, 15) is 22.8 Å². The van der Waals surface area contributed by atoms with E-state index in [0.29, 0.717) is 31.6 Å². The molecule has 12 heteroatoms. The number of amides is 1. The number of halogens is 3. The van der Waals surface area contributed by atoms with E-state index in [4.69, 9.17) is 9.47 Å². The maximum Gasteiger partial charge on any atom is 0.419 e. The van der Waals surface area contributed by atoms with Gasteiger partial charge < -0.3 is 19.7 Å². The number of anilines is 2. The smallest absolute Gasteiger partial charge is 0.419 e. The third kappa shape index (κ3) is 7.54. The standard InChI is InChI=1S/C33H38F3N5O4/c1-31(2,3)45-30(43)41-16-12-22(13-17-41)26-11-10-23(19-37-26)39-29-38-20-25(33(34,35)36)27(40-29)24(18-21-8-6-5-7-9-21)32(14-15-32)28(42)44-4/h5-11,19-20,22,24H,12-18H2,1-4H3,(H,38,39,40). The molecule has 2 fully saturated rings. The maximum absolute atomic E-state index is 14.3. The van der Waals surface area contributed by atoms with Gasteiger partial charge in [-0.15, -0.1) is 0 Å². The van der Waals surface area contributed by atoms with Gasteiger partial charge >= 0.3 is 18.2 Å². The lowest BCUT2D eigenvalue weighted by Crippen LogP contribution is -2.41. The molecule has 1 saturated heterocycles. The van der Waals surface area contributed by atoms with Crippen molar-refractivity contribution in [2.75, 3.05) is 25.5 Å². The molecule has 240 valence electrons. The number of carbonyl (C=O) groups is 2. The number of alkyl halides is 3. The first kappa shape index (κ1) is 32.2. The number of aromatic nitrogens is 3. The topological polar surface area (TPSA) is 107 Å². The van der Waals surface area contributed by atoms with Gasteiger partial charge in [0.05, 0.1) is 35.7 Å². The van der Waals surface area contributed by atoms with Crippen molar-refractivity contribution in [2.24, 2.45) is 5.41 Å². The van der Waals surface area contributed by atoms with E-state index in [0.717, 1.165) is 30.3 Å². The number of esters is 1. The van der Waals surface area contributed by atoms with Crippen molar-refractivity contribution in [3.63, 3.8) is 0 Å². The van der Waals surface area contributed by atoms with Gasteiger partial charge in [0.2, 0.25) is 5.95 Å². The number of hydrogen-bond donors (Lipinski definition) is 1. The Labute approximate surface area is 260 Å². The summed E-state index contributed by atoms with van der Waals surface area (Å²) in [6, 6.07) is 12.7. The van der Waals surface area contributed by atoms with Gasteiger partial charge in [-0.25, -0.2) is 14.8 Å². The number of likely N-dealkylation sites (tertiary alicyclic amines) is 1. The summed E-state index contributed by atoms with van der Waals surface area (Å²) in [4.78, 5) is 40.0. The largest absolute Gasteiger partial charge is 0.469 e. The van der Waals surface area contributed by atoms with Crippen molar-refractivity contribution in [3.8, 4) is 0 Å². The van der Waals surface area contributed by atoms with Crippen LogP contribution in [0.25, 0.3) is 0 Å². The second-order valence-electron chi connectivity index (χ2n) is 12.7. The van der Waals surface area contributed by atoms with Crippen molar-refractivity contribution in [1.82, 2.24) is 19.9 Å². The Hall–Kier alpha value is -4.22. The fraction of sp³-hybridized carbons (Fsp3) is 0.485. The number of pyridine rings is 1. The Morgan fingerprint density at radius 3 is 2.27 bits per heavy atom. The van der Waals surface area contributed by atoms with Gasteiger partial charge in [0.15, 0.2) is 0 Å². The van der Waals surface area contributed by atoms with E-state index in [2.05, 4.69) is 20.3 Å². The Balaban J connectivity index is 1.35. The molecule has 1 atom stereocenters. The molecule has 1 amide bonds. The lowest BCUT2D eigenvalue weighted by molar-refractivity contribution is -0.149. The lowest BCUT2D eigenvalue weighted by Gasteiger charge is -2.33. The van der Waals surface area contributed by atoms with Crippen LogP contribution in [0, 0.1) is 5.41 Å². The average molecular weight is 626 g/mol. The minimum atomic E-state index is -4.72. The fourth-order valence-corrected chi connectivity index (χ4v) is 5.91. The molecule has 1 aliphatic heterocycles. The first-order chi connectivity index (χ1) is 21.3. The van der Waals surface area contributed by atoms with E-state index >= 15 is 0 Å². The van der Waals surface area contributed by atoms with E-state index in [1.54, 1.807) is 17.2 Å². The number of hydrogen-bond acceptors (Lipinski definition) is 8. The number of benzene rings is 1. The van der Waals surface area contributed by atoms with E-state index in [1.807, 2.05) is 57.2 Å². The highest BCUT2D eigenvalue weighted by Crippen LogP contribution is 2.59. The molecule has 2 aliphatic rings. The van der Waals surface area contributed by atoms with Crippen molar-refractivity contribution < 1.29 is 32.2 Å². The number of ether oxygens (including phenoxy) is 2. The van der Waals surface area contributed by atoms with Crippen LogP contribution < -0.4 is 5.32 Å². The molecule has 1 N–H and O–H groups in total. The molecule has 9 nitrogen and oxygen atoms in total. The molecule has 0 spiro atoms. The molecule has 1 unspecified atom stereocenters. The quantitative estimate of drug-likeness (QED) is 0.266. The zero-order valence-corrected chi connectivity index (χ0v) is 25.9. The Morgan fingerprint density at radius 2 is 1.71 bits per heavy atom. The first-order valence-corrected chi connectivity index (χ1v) is 15.1. The van der Waals surface area contributed by atoms with Gasteiger partial charge in [0, 0.05) is 36.8 Å². The number of piperidine rings is 1. The molecule has 1 saturated carbocycles. The predicted octanol–water partition coefficient (Wildman–Crippen LogP) is 7.03. The first-order valence-electron chi connectivity index (χ1n) is 15.1. The van der Waals surface area contributed by atoms with E-state index < -0.39 is 34.6 Å². The normalized spacial score (nSPS) is 17.4. The second-order valence-corrected chi connectivity index (χ2v) is 12.7. The maximum atomic E-state index is 14.3. The fourth-order valence-electron chi connectivity index (χ4n) is 5.91. The zero-order valence-electron chi connectivity index (χ0n) is 25.9. The summed E-state index contributed by atoms with van der Waals surface area (Å²) in [6.07, 6.45) is -0.230. The van der Waals surface area contributed by atoms with Crippen LogP contribution in [0.2, 0.25) is 0 Å². The summed E-state index contributed by atoms with van der Waals surface area (Å²) in [5.74, 6) is -1.30. The minimum absolute atomic E-state index is 0.0306. The van der Waals surface area contributed by atoms with Gasteiger partial charge in [-0.2, -0.15) is 13.2 Å². The third-order valence-electron chi connectivity index (χ3n) is 8.39. The van der Waals surface area contributed by atoms with Crippen LogP contribution >= 0.6 is 0 Å². The van der Waals surface area contributed by atoms with Crippen LogP contribution in [0.15, 0.2) is 54.9 Å². The van der Waals surface area contributed by atoms with Gasteiger partial charge in [0.25, 0.3) is 0 Å². The Bertz CT molecular complexity index is 1500. The molecule has 1 aromatic carbocycles. The summed E-state index contributed by atoms with van der Waals surface area (Å²) in [7, 11) is 1.25. The summed E-state index contributed by atoms with van der Waals surface area (Å²) in [6.45, 7) is 6.62. The molecule has 2 aromatic heterocycles. The van der Waals surface area contributed by atoms with Gasteiger partial charge in [0.1, 0.15) is 5.60 Å². The monoisotopic (exact) mass is 625 g/mol. The van der Waals surface area contributed by atoms with Crippen molar-refractivity contribution in [2.45, 2.75) is 76.5 Å². The summed E-state index contributed by atoms with van der Waals surface area (Å²) >= 11 is 0. The molecular weight excluding hydrogens is 587 g/mol. The van der Waals surface area contributed by atoms with Crippen LogP contribution in [-0.4, -0.2) is 57.7 Å². The van der Waals surface area contributed by atoms with Gasteiger partial charge in [-0.1, -0.05) is 30.3 Å². The number of methoxy groups -OCH3 is 1. The Morgan fingerprint density at radius 1 is 1.02 bits per heavy atom. The second kappa shape index (κ2) is 12.6. The van der Waals surface area contributed by atoms with Crippen LogP contribution in [0.1, 0.15) is 80.8 Å². The number of nitrogens with one attached hydrogen (secondary N) is 1. The number of nitrogens with zero attached hydrogens (tertiary/aromatic N) is 4. The molecule has 5 rings (SSSR count). The summed E-state index contributed by atoms with van der Waals surface area (Å²) in [5.41, 5.74) is -0.726. The predicted molar refractivity (Wildman–Crippen MR) is 161 cm³/mol. The van der Waals surface area contributed by atoms with Crippen molar-refractivity contribution in [3.05, 3.63) is 77.4 Å². The highest BCUT2D eigenvalue weighted by Gasteiger charge is 2.59. The van der Waals surface area contributed by atoms with Crippen LogP contribution in [0.3, 0.4) is 0 Å². The van der Waals surface area contributed by atoms with Gasteiger partial charge in [-0.05, 0) is 70.6 Å². The zero-order chi connectivity index (χ0) is 32.4. The Kier molecular flexibility index (Phi) is 9.04. The average Bonchev–Trinajstić information content (AvgIpc) is 3.81. The van der Waals surface area contributed by atoms with Crippen LogP contribution in [-0.2, 0) is 26.9 Å². The van der Waals surface area contributed by atoms with E-state index in [1.165, 1.54) is 7.11 Å². The highest BCUT2D eigenvalue weighted by molar-refractivity contribution is 5.81. The molecule has 1 aliphatic carbocycles. The summed E-state index contributed by atoms with van der Waals surface area (Å²) < 4.78 is 53.4. The van der Waals surface area contributed by atoms with E-state index in [-0.39, 0.29) is 30.1 Å².